The van der Waals surface area contributed by atoms with Crippen molar-refractivity contribution < 1.29 is 4.79 Å². The third-order valence-corrected chi connectivity index (χ3v) is 5.67. The lowest BCUT2D eigenvalue weighted by molar-refractivity contribution is 0.103. The summed E-state index contributed by atoms with van der Waals surface area (Å²) >= 11 is 15.3. The van der Waals surface area contributed by atoms with Crippen LogP contribution in [-0.4, -0.2) is 11.5 Å². The van der Waals surface area contributed by atoms with Crippen molar-refractivity contribution in [2.45, 2.75) is 4.21 Å². The molecule has 2 aromatic rings. The second-order valence-corrected chi connectivity index (χ2v) is 7.08. The van der Waals surface area contributed by atoms with Crippen molar-refractivity contribution in [1.29, 1.82) is 0 Å². The predicted molar refractivity (Wildman–Crippen MR) is 83.8 cm³/mol. The van der Waals surface area contributed by atoms with Gasteiger partial charge in [0.2, 0.25) is 0 Å². The number of Topliss-reactive ketones (excluding diaryl/α,β-unsaturated/α-hetero) is 1. The summed E-state index contributed by atoms with van der Waals surface area (Å²) in [4.78, 5) is 12.3. The fourth-order valence-electron chi connectivity index (χ4n) is 1.87. The van der Waals surface area contributed by atoms with Gasteiger partial charge in [-0.15, -0.1) is 23.1 Å². The summed E-state index contributed by atoms with van der Waals surface area (Å²) in [5.41, 5.74) is 2.41. The third-order valence-electron chi connectivity index (χ3n) is 2.82. The molecular weight excluding hydrogens is 319 g/mol. The highest BCUT2D eigenvalue weighted by atomic mass is 35.5. The minimum absolute atomic E-state index is 0.0982. The Kier molecular flexibility index (Phi) is 3.72. The molecule has 0 amide bonds. The quantitative estimate of drug-likeness (QED) is 0.650. The molecule has 0 saturated carbocycles. The Morgan fingerprint density at radius 1 is 1.21 bits per heavy atom. The van der Waals surface area contributed by atoms with Crippen LogP contribution in [0.1, 0.15) is 15.9 Å². The monoisotopic (exact) mass is 326 g/mol. The second-order valence-electron chi connectivity index (χ2n) is 4.07. The van der Waals surface area contributed by atoms with Crippen LogP contribution in [0.15, 0.2) is 39.4 Å². The standard InChI is InChI=1S/C14H8Cl2OS2/c15-10-2-1-8(12(16)6-10)5-9-7-19-14-11(13(9)17)3-4-18-14/h1-6H,7H2. The van der Waals surface area contributed by atoms with Crippen LogP contribution in [0.3, 0.4) is 0 Å². The van der Waals surface area contributed by atoms with Gasteiger partial charge in [0.15, 0.2) is 5.78 Å². The van der Waals surface area contributed by atoms with Crippen LogP contribution in [0.25, 0.3) is 6.08 Å². The van der Waals surface area contributed by atoms with Gasteiger partial charge in [0.1, 0.15) is 0 Å². The van der Waals surface area contributed by atoms with E-state index >= 15 is 0 Å². The second kappa shape index (κ2) is 5.33. The summed E-state index contributed by atoms with van der Waals surface area (Å²) in [5.74, 6) is 0.784. The number of halogens is 2. The first kappa shape index (κ1) is 13.3. The number of ketones is 1. The van der Waals surface area contributed by atoms with Crippen LogP contribution >= 0.6 is 46.3 Å². The molecule has 0 fully saturated rings. The maximum absolute atomic E-state index is 12.3. The first-order chi connectivity index (χ1) is 9.15. The Morgan fingerprint density at radius 2 is 2.05 bits per heavy atom. The molecule has 0 N–H and O–H groups in total. The summed E-state index contributed by atoms with van der Waals surface area (Å²) in [7, 11) is 0. The largest absolute Gasteiger partial charge is 0.289 e. The van der Waals surface area contributed by atoms with Gasteiger partial charge in [0, 0.05) is 26.9 Å². The fourth-order valence-corrected chi connectivity index (χ4v) is 4.38. The van der Waals surface area contributed by atoms with E-state index in [1.165, 1.54) is 0 Å². The highest BCUT2D eigenvalue weighted by molar-refractivity contribution is 8.01. The maximum atomic E-state index is 12.3. The van der Waals surface area contributed by atoms with Crippen molar-refractivity contribution in [3.05, 3.63) is 56.4 Å². The number of benzene rings is 1. The van der Waals surface area contributed by atoms with Crippen LogP contribution in [0.2, 0.25) is 10.0 Å². The topological polar surface area (TPSA) is 17.1 Å². The van der Waals surface area contributed by atoms with E-state index in [0.29, 0.717) is 15.8 Å². The summed E-state index contributed by atoms with van der Waals surface area (Å²) in [6, 6.07) is 7.17. The van der Waals surface area contributed by atoms with Gasteiger partial charge in [0.05, 0.1) is 4.21 Å². The smallest absolute Gasteiger partial charge is 0.191 e. The number of rotatable bonds is 1. The first-order valence-corrected chi connectivity index (χ1v) is 8.18. The van der Waals surface area contributed by atoms with Gasteiger partial charge in [-0.05, 0) is 35.2 Å². The molecule has 0 radical (unpaired) electrons. The van der Waals surface area contributed by atoms with Gasteiger partial charge in [-0.2, -0.15) is 0 Å². The molecule has 5 heteroatoms. The molecule has 1 aliphatic rings. The Bertz CT molecular complexity index is 689. The third kappa shape index (κ3) is 2.61. The number of hydrogen-bond acceptors (Lipinski definition) is 3. The average Bonchev–Trinajstić information content (AvgIpc) is 2.85. The molecule has 96 valence electrons. The van der Waals surface area contributed by atoms with E-state index in [4.69, 9.17) is 23.2 Å². The fraction of sp³-hybridized carbons (Fsp3) is 0.0714. The number of hydrogen-bond donors (Lipinski definition) is 0. The Balaban J connectivity index is 1.99. The lowest BCUT2D eigenvalue weighted by atomic mass is 10.0. The van der Waals surface area contributed by atoms with E-state index in [-0.39, 0.29) is 5.78 Å². The van der Waals surface area contributed by atoms with Crippen molar-refractivity contribution in [2.75, 3.05) is 5.75 Å². The molecule has 0 atom stereocenters. The minimum atomic E-state index is 0.0982. The highest BCUT2D eigenvalue weighted by Gasteiger charge is 2.23. The SMILES string of the molecule is O=C1C(=Cc2ccc(Cl)cc2Cl)CSc2sccc21. The Morgan fingerprint density at radius 3 is 2.84 bits per heavy atom. The van der Waals surface area contributed by atoms with Crippen LogP contribution in [0, 0.1) is 0 Å². The van der Waals surface area contributed by atoms with Crippen molar-refractivity contribution in [3.63, 3.8) is 0 Å². The number of carbonyl (C=O) groups is 1. The van der Waals surface area contributed by atoms with Crippen LogP contribution in [-0.2, 0) is 0 Å². The molecule has 19 heavy (non-hydrogen) atoms. The average molecular weight is 327 g/mol. The van der Waals surface area contributed by atoms with Gasteiger partial charge in [-0.3, -0.25) is 4.79 Å². The number of thioether (sulfide) groups is 1. The molecule has 3 rings (SSSR count). The van der Waals surface area contributed by atoms with E-state index in [9.17, 15) is 4.79 Å². The van der Waals surface area contributed by atoms with Gasteiger partial charge in [-0.1, -0.05) is 29.3 Å². The summed E-state index contributed by atoms with van der Waals surface area (Å²) in [6.07, 6.45) is 1.86. The summed E-state index contributed by atoms with van der Waals surface area (Å²) in [5, 5.41) is 3.11. The lowest BCUT2D eigenvalue weighted by Crippen LogP contribution is -2.10. The molecule has 0 spiro atoms. The van der Waals surface area contributed by atoms with Gasteiger partial charge in [0.25, 0.3) is 0 Å². The zero-order valence-electron chi connectivity index (χ0n) is 9.65. The van der Waals surface area contributed by atoms with Crippen LogP contribution < -0.4 is 0 Å². The lowest BCUT2D eigenvalue weighted by Gasteiger charge is -2.13. The molecule has 0 bridgehead atoms. The van der Waals surface area contributed by atoms with Gasteiger partial charge < -0.3 is 0 Å². The molecule has 1 aromatic heterocycles. The molecule has 0 unspecified atom stereocenters. The van der Waals surface area contributed by atoms with Crippen LogP contribution in [0.5, 0.6) is 0 Å². The Hall–Kier alpha value is -0.740. The van der Waals surface area contributed by atoms with E-state index in [1.807, 2.05) is 23.6 Å². The van der Waals surface area contributed by atoms with Gasteiger partial charge in [-0.25, -0.2) is 0 Å². The number of thiophene rings is 1. The molecule has 0 saturated heterocycles. The molecular formula is C14H8Cl2OS2. The number of fused-ring (bicyclic) bond motifs is 1. The zero-order chi connectivity index (χ0) is 13.4. The predicted octanol–water partition coefficient (Wildman–Crippen LogP) is 5.43. The highest BCUT2D eigenvalue weighted by Crippen LogP contribution is 2.37. The van der Waals surface area contributed by atoms with E-state index < -0.39 is 0 Å². The van der Waals surface area contributed by atoms with Crippen LogP contribution in [0.4, 0.5) is 0 Å². The Labute approximate surface area is 129 Å². The first-order valence-electron chi connectivity index (χ1n) is 5.56. The molecule has 1 nitrogen and oxygen atoms in total. The molecule has 1 aromatic carbocycles. The zero-order valence-corrected chi connectivity index (χ0v) is 12.8. The summed E-state index contributed by atoms with van der Waals surface area (Å²) < 4.78 is 1.10. The van der Waals surface area contributed by atoms with E-state index in [0.717, 1.165) is 20.9 Å². The number of carbonyl (C=O) groups excluding carboxylic acids is 1. The minimum Gasteiger partial charge on any atom is -0.289 e. The normalized spacial score (nSPS) is 16.7. The van der Waals surface area contributed by atoms with Gasteiger partial charge >= 0.3 is 0 Å². The molecule has 0 aliphatic carbocycles. The van der Waals surface area contributed by atoms with E-state index in [1.54, 1.807) is 35.2 Å². The molecule has 1 aliphatic heterocycles. The van der Waals surface area contributed by atoms with E-state index in [2.05, 4.69) is 0 Å². The molecule has 2 heterocycles. The van der Waals surface area contributed by atoms with Crippen molar-refractivity contribution in [2.24, 2.45) is 0 Å². The van der Waals surface area contributed by atoms with Crippen molar-refractivity contribution in [1.82, 2.24) is 0 Å². The summed E-state index contributed by atoms with van der Waals surface area (Å²) in [6.45, 7) is 0. The van der Waals surface area contributed by atoms with Crippen molar-refractivity contribution >= 4 is 58.2 Å². The maximum Gasteiger partial charge on any atom is 0.191 e. The van der Waals surface area contributed by atoms with Crippen molar-refractivity contribution in [3.8, 4) is 0 Å².